The van der Waals surface area contributed by atoms with Crippen LogP contribution in [0.5, 0.6) is 0 Å². The summed E-state index contributed by atoms with van der Waals surface area (Å²) in [6, 6.07) is 5.03. The highest BCUT2D eigenvalue weighted by molar-refractivity contribution is 5.32. The highest BCUT2D eigenvalue weighted by Gasteiger charge is 2.19. The van der Waals surface area contributed by atoms with Crippen molar-refractivity contribution in [3.63, 3.8) is 0 Å². The number of nitrogens with one attached hydrogen (secondary N) is 1. The van der Waals surface area contributed by atoms with Gasteiger partial charge in [-0.15, -0.1) is 0 Å². The van der Waals surface area contributed by atoms with Gasteiger partial charge in [0.25, 0.3) is 0 Å². The molecule has 0 aromatic heterocycles. The summed E-state index contributed by atoms with van der Waals surface area (Å²) >= 11 is 0. The van der Waals surface area contributed by atoms with Gasteiger partial charge in [0, 0.05) is 12.6 Å². The highest BCUT2D eigenvalue weighted by atomic mass is 19.1. The van der Waals surface area contributed by atoms with Crippen LogP contribution < -0.4 is 5.32 Å². The van der Waals surface area contributed by atoms with Gasteiger partial charge in [-0.1, -0.05) is 6.07 Å². The number of benzene rings is 1. The standard InChI is InChI=1S/C11H14FNO/c12-9-2-1-8-3-5-13-11(4-6-14)10(8)7-9/h1-2,7,11,13-14H,3-6H2. The molecule has 3 heteroatoms. The number of aliphatic hydroxyl groups excluding tert-OH is 1. The van der Waals surface area contributed by atoms with E-state index in [0.29, 0.717) is 6.42 Å². The molecule has 0 saturated carbocycles. The van der Waals surface area contributed by atoms with Crippen LogP contribution in [-0.2, 0) is 6.42 Å². The van der Waals surface area contributed by atoms with Crippen LogP contribution in [0.1, 0.15) is 23.6 Å². The molecule has 1 aromatic rings. The SMILES string of the molecule is OCCC1NCCc2ccc(F)cc21. The molecule has 2 rings (SSSR count). The van der Waals surface area contributed by atoms with Gasteiger partial charge in [0.15, 0.2) is 0 Å². The van der Waals surface area contributed by atoms with Crippen LogP contribution >= 0.6 is 0 Å². The molecule has 0 spiro atoms. The summed E-state index contributed by atoms with van der Waals surface area (Å²) in [6.45, 7) is 1.04. The quantitative estimate of drug-likeness (QED) is 0.747. The second kappa shape index (κ2) is 4.07. The number of hydrogen-bond acceptors (Lipinski definition) is 2. The molecule has 0 radical (unpaired) electrons. The van der Waals surface area contributed by atoms with E-state index in [0.717, 1.165) is 18.5 Å². The Hall–Kier alpha value is -0.930. The third kappa shape index (κ3) is 1.79. The van der Waals surface area contributed by atoms with Gasteiger partial charge in [-0.05, 0) is 42.6 Å². The zero-order chi connectivity index (χ0) is 9.97. The minimum Gasteiger partial charge on any atom is -0.396 e. The van der Waals surface area contributed by atoms with Crippen LogP contribution in [0.15, 0.2) is 18.2 Å². The zero-order valence-corrected chi connectivity index (χ0v) is 7.96. The highest BCUT2D eigenvalue weighted by Crippen LogP contribution is 2.25. The fourth-order valence-corrected chi connectivity index (χ4v) is 2.00. The third-order valence-corrected chi connectivity index (χ3v) is 2.69. The van der Waals surface area contributed by atoms with Crippen LogP contribution in [0.25, 0.3) is 0 Å². The molecule has 1 aliphatic heterocycles. The summed E-state index contributed by atoms with van der Waals surface area (Å²) in [4.78, 5) is 0. The van der Waals surface area contributed by atoms with Crippen molar-refractivity contribution in [2.24, 2.45) is 0 Å². The first-order chi connectivity index (χ1) is 6.81. The number of halogens is 1. The first kappa shape index (κ1) is 9.62. The fraction of sp³-hybridized carbons (Fsp3) is 0.455. The molecule has 76 valence electrons. The molecular formula is C11H14FNO. The summed E-state index contributed by atoms with van der Waals surface area (Å²) in [5.74, 6) is -0.199. The molecule has 1 unspecified atom stereocenters. The normalized spacial score (nSPS) is 20.6. The number of hydrogen-bond donors (Lipinski definition) is 2. The van der Waals surface area contributed by atoms with Gasteiger partial charge < -0.3 is 10.4 Å². The summed E-state index contributed by atoms with van der Waals surface area (Å²) in [6.07, 6.45) is 1.59. The van der Waals surface area contributed by atoms with Gasteiger partial charge in [-0.2, -0.15) is 0 Å². The van der Waals surface area contributed by atoms with Gasteiger partial charge in [-0.25, -0.2) is 4.39 Å². The van der Waals surface area contributed by atoms with Crippen molar-refractivity contribution in [3.8, 4) is 0 Å². The van der Waals surface area contributed by atoms with Crippen LogP contribution in [0.4, 0.5) is 4.39 Å². The Kier molecular flexibility index (Phi) is 2.79. The van der Waals surface area contributed by atoms with Crippen molar-refractivity contribution < 1.29 is 9.50 Å². The average Bonchev–Trinajstić information content (AvgIpc) is 2.19. The van der Waals surface area contributed by atoms with E-state index in [1.54, 1.807) is 6.07 Å². The maximum atomic E-state index is 13.0. The van der Waals surface area contributed by atoms with Crippen LogP contribution in [0.3, 0.4) is 0 Å². The Morgan fingerprint density at radius 2 is 2.36 bits per heavy atom. The zero-order valence-electron chi connectivity index (χ0n) is 7.96. The lowest BCUT2D eigenvalue weighted by atomic mass is 9.92. The predicted molar refractivity (Wildman–Crippen MR) is 52.6 cm³/mol. The molecule has 2 nitrogen and oxygen atoms in total. The van der Waals surface area contributed by atoms with Gasteiger partial charge in [-0.3, -0.25) is 0 Å². The monoisotopic (exact) mass is 195 g/mol. The minimum absolute atomic E-state index is 0.111. The van der Waals surface area contributed by atoms with Crippen molar-refractivity contribution in [2.45, 2.75) is 18.9 Å². The van der Waals surface area contributed by atoms with Gasteiger partial charge in [0.05, 0.1) is 0 Å². The van der Waals surface area contributed by atoms with E-state index in [4.69, 9.17) is 5.11 Å². The van der Waals surface area contributed by atoms with Gasteiger partial charge >= 0.3 is 0 Å². The molecule has 1 aromatic carbocycles. The van der Waals surface area contributed by atoms with E-state index in [9.17, 15) is 4.39 Å². The lowest BCUT2D eigenvalue weighted by Gasteiger charge is -2.26. The van der Waals surface area contributed by atoms with Crippen molar-refractivity contribution in [2.75, 3.05) is 13.2 Å². The third-order valence-electron chi connectivity index (χ3n) is 2.69. The Morgan fingerprint density at radius 3 is 3.14 bits per heavy atom. The maximum absolute atomic E-state index is 13.0. The van der Waals surface area contributed by atoms with Crippen molar-refractivity contribution in [1.29, 1.82) is 0 Å². The predicted octanol–water partition coefficient (Wildman–Crippen LogP) is 1.39. The average molecular weight is 195 g/mol. The van der Waals surface area contributed by atoms with Gasteiger partial charge in [0.2, 0.25) is 0 Å². The topological polar surface area (TPSA) is 32.3 Å². The van der Waals surface area contributed by atoms with E-state index in [1.165, 1.54) is 11.6 Å². The summed E-state index contributed by atoms with van der Waals surface area (Å²) in [7, 11) is 0. The second-order valence-electron chi connectivity index (χ2n) is 3.61. The molecule has 0 bridgehead atoms. The first-order valence-electron chi connectivity index (χ1n) is 4.94. The Balaban J connectivity index is 2.32. The molecule has 1 heterocycles. The van der Waals surface area contributed by atoms with Crippen LogP contribution in [0.2, 0.25) is 0 Å². The summed E-state index contributed by atoms with van der Waals surface area (Å²) in [5.41, 5.74) is 2.20. The minimum atomic E-state index is -0.199. The van der Waals surface area contributed by atoms with Crippen LogP contribution in [0, 0.1) is 5.82 Å². The Labute approximate surface area is 82.8 Å². The maximum Gasteiger partial charge on any atom is 0.123 e. The molecule has 1 atom stereocenters. The fourth-order valence-electron chi connectivity index (χ4n) is 2.00. The Bertz CT molecular complexity index is 327. The number of fused-ring (bicyclic) bond motifs is 1. The molecule has 0 aliphatic carbocycles. The molecule has 14 heavy (non-hydrogen) atoms. The molecule has 0 amide bonds. The smallest absolute Gasteiger partial charge is 0.123 e. The summed E-state index contributed by atoms with van der Waals surface area (Å²) < 4.78 is 13.0. The molecule has 0 fully saturated rings. The molecule has 1 aliphatic rings. The summed E-state index contributed by atoms with van der Waals surface area (Å²) in [5, 5.41) is 12.2. The van der Waals surface area contributed by atoms with E-state index in [-0.39, 0.29) is 18.5 Å². The molecular weight excluding hydrogens is 181 g/mol. The number of aliphatic hydroxyl groups is 1. The van der Waals surface area contributed by atoms with Crippen molar-refractivity contribution in [3.05, 3.63) is 35.1 Å². The second-order valence-corrected chi connectivity index (χ2v) is 3.61. The molecule has 2 N–H and O–H groups in total. The Morgan fingerprint density at radius 1 is 1.50 bits per heavy atom. The van der Waals surface area contributed by atoms with E-state index >= 15 is 0 Å². The van der Waals surface area contributed by atoms with E-state index in [1.807, 2.05) is 6.07 Å². The number of rotatable bonds is 2. The van der Waals surface area contributed by atoms with E-state index in [2.05, 4.69) is 5.32 Å². The lowest BCUT2D eigenvalue weighted by molar-refractivity contribution is 0.263. The van der Waals surface area contributed by atoms with Gasteiger partial charge in [0.1, 0.15) is 5.82 Å². The van der Waals surface area contributed by atoms with Crippen molar-refractivity contribution in [1.82, 2.24) is 5.32 Å². The lowest BCUT2D eigenvalue weighted by Crippen LogP contribution is -2.30. The first-order valence-corrected chi connectivity index (χ1v) is 4.94. The molecule has 0 saturated heterocycles. The van der Waals surface area contributed by atoms with Crippen LogP contribution in [-0.4, -0.2) is 18.3 Å². The largest absolute Gasteiger partial charge is 0.396 e. The van der Waals surface area contributed by atoms with Crippen molar-refractivity contribution >= 4 is 0 Å². The van der Waals surface area contributed by atoms with E-state index < -0.39 is 0 Å².